The maximum Gasteiger partial charge on any atom is 0.177 e. The van der Waals surface area contributed by atoms with Crippen LogP contribution in [-0.2, 0) is 9.84 Å². The van der Waals surface area contributed by atoms with Gasteiger partial charge in [0.05, 0.1) is 10.6 Å². The molecule has 2 rings (SSSR count). The summed E-state index contributed by atoms with van der Waals surface area (Å²) in [6.07, 6.45) is 4.73. The molecule has 0 amide bonds. The standard InChI is InChI=1S/C17H26N2O3S/c1-4-19-10-6-5-7-15(19)12-18-16-11-14(13(2)20)8-9-17(16)23(3,21)22/h8-9,11,15,18H,4-7,10,12H2,1-3H3. The highest BCUT2D eigenvalue weighted by Gasteiger charge is 2.22. The predicted octanol–water partition coefficient (Wildman–Crippen LogP) is 2.58. The number of hydrogen-bond acceptors (Lipinski definition) is 5. The molecule has 1 aromatic rings. The quantitative estimate of drug-likeness (QED) is 0.808. The van der Waals surface area contributed by atoms with Crippen LogP contribution < -0.4 is 5.32 Å². The average Bonchev–Trinajstić information content (AvgIpc) is 2.51. The van der Waals surface area contributed by atoms with E-state index in [2.05, 4.69) is 17.1 Å². The summed E-state index contributed by atoms with van der Waals surface area (Å²) in [5.74, 6) is -0.0686. The van der Waals surface area contributed by atoms with Crippen LogP contribution in [0.2, 0.25) is 0 Å². The number of hydrogen-bond donors (Lipinski definition) is 1. The number of sulfone groups is 1. The van der Waals surface area contributed by atoms with E-state index in [9.17, 15) is 13.2 Å². The van der Waals surface area contributed by atoms with Crippen LogP contribution in [0.1, 0.15) is 43.5 Å². The lowest BCUT2D eigenvalue weighted by Gasteiger charge is -2.35. The van der Waals surface area contributed by atoms with Crippen molar-refractivity contribution in [2.45, 2.75) is 44.0 Å². The molecule has 1 aliphatic rings. The highest BCUT2D eigenvalue weighted by Crippen LogP contribution is 2.24. The number of anilines is 1. The van der Waals surface area contributed by atoms with Crippen molar-refractivity contribution in [2.24, 2.45) is 0 Å². The minimum atomic E-state index is -3.34. The van der Waals surface area contributed by atoms with Gasteiger partial charge < -0.3 is 5.32 Å². The molecule has 23 heavy (non-hydrogen) atoms. The zero-order valence-corrected chi connectivity index (χ0v) is 14.9. The highest BCUT2D eigenvalue weighted by atomic mass is 32.2. The van der Waals surface area contributed by atoms with E-state index in [-0.39, 0.29) is 10.7 Å². The van der Waals surface area contributed by atoms with Gasteiger partial charge in [0, 0.05) is 24.4 Å². The van der Waals surface area contributed by atoms with E-state index in [1.54, 1.807) is 12.1 Å². The van der Waals surface area contributed by atoms with Crippen molar-refractivity contribution in [3.8, 4) is 0 Å². The molecule has 0 bridgehead atoms. The van der Waals surface area contributed by atoms with Gasteiger partial charge >= 0.3 is 0 Å². The molecule has 5 nitrogen and oxygen atoms in total. The third kappa shape index (κ3) is 4.54. The first kappa shape index (κ1) is 17.9. The number of Topliss-reactive ketones (excluding diaryl/α,β-unsaturated/α-hetero) is 1. The monoisotopic (exact) mass is 338 g/mol. The topological polar surface area (TPSA) is 66.5 Å². The summed E-state index contributed by atoms with van der Waals surface area (Å²) in [6.45, 7) is 6.42. The van der Waals surface area contributed by atoms with Gasteiger partial charge in [0.2, 0.25) is 0 Å². The first-order chi connectivity index (χ1) is 10.8. The smallest absolute Gasteiger partial charge is 0.177 e. The summed E-state index contributed by atoms with van der Waals surface area (Å²) in [5, 5.41) is 3.28. The van der Waals surface area contributed by atoms with Crippen molar-refractivity contribution < 1.29 is 13.2 Å². The van der Waals surface area contributed by atoms with E-state index >= 15 is 0 Å². The summed E-state index contributed by atoms with van der Waals surface area (Å²) < 4.78 is 23.9. The second-order valence-electron chi connectivity index (χ2n) is 6.20. The summed E-state index contributed by atoms with van der Waals surface area (Å²) in [4.78, 5) is 14.3. The molecule has 0 radical (unpaired) electrons. The Balaban J connectivity index is 2.23. The van der Waals surface area contributed by atoms with Crippen LogP contribution >= 0.6 is 0 Å². The molecule has 128 valence electrons. The van der Waals surface area contributed by atoms with Crippen LogP contribution in [0.25, 0.3) is 0 Å². The Bertz CT molecular complexity index is 670. The van der Waals surface area contributed by atoms with E-state index < -0.39 is 9.84 Å². The van der Waals surface area contributed by atoms with Gasteiger partial charge in [-0.15, -0.1) is 0 Å². The molecular weight excluding hydrogens is 312 g/mol. The number of rotatable bonds is 6. The maximum absolute atomic E-state index is 12.0. The van der Waals surface area contributed by atoms with E-state index in [0.29, 0.717) is 23.8 Å². The normalized spacial score (nSPS) is 19.5. The number of ketones is 1. The third-order valence-corrected chi connectivity index (χ3v) is 5.62. The van der Waals surface area contributed by atoms with E-state index in [1.807, 2.05) is 0 Å². The number of piperidine rings is 1. The van der Waals surface area contributed by atoms with Crippen molar-refractivity contribution in [2.75, 3.05) is 31.2 Å². The van der Waals surface area contributed by atoms with E-state index in [0.717, 1.165) is 19.5 Å². The molecule has 0 aliphatic carbocycles. The van der Waals surface area contributed by atoms with E-state index in [1.165, 1.54) is 32.1 Å². The Labute approximate surface area is 139 Å². The van der Waals surface area contributed by atoms with Gasteiger partial charge in [-0.1, -0.05) is 13.3 Å². The fourth-order valence-corrected chi connectivity index (χ4v) is 3.99. The minimum Gasteiger partial charge on any atom is -0.382 e. The fourth-order valence-electron chi connectivity index (χ4n) is 3.15. The van der Waals surface area contributed by atoms with Crippen LogP contribution in [0.5, 0.6) is 0 Å². The number of likely N-dealkylation sites (N-methyl/N-ethyl adjacent to an activating group) is 1. The number of nitrogens with one attached hydrogen (secondary N) is 1. The van der Waals surface area contributed by atoms with Gasteiger partial charge in [-0.25, -0.2) is 8.42 Å². The molecule has 1 fully saturated rings. The van der Waals surface area contributed by atoms with E-state index in [4.69, 9.17) is 0 Å². The van der Waals surface area contributed by atoms with Crippen LogP contribution in [0.15, 0.2) is 23.1 Å². The Morgan fingerprint density at radius 1 is 1.35 bits per heavy atom. The van der Waals surface area contributed by atoms with Gasteiger partial charge in [-0.05, 0) is 51.1 Å². The first-order valence-corrected chi connectivity index (χ1v) is 10.0. The number of nitrogens with zero attached hydrogens (tertiary/aromatic N) is 1. The lowest BCUT2D eigenvalue weighted by Crippen LogP contribution is -2.43. The lowest BCUT2D eigenvalue weighted by atomic mass is 10.0. The predicted molar refractivity (Wildman–Crippen MR) is 92.9 cm³/mol. The molecule has 1 N–H and O–H groups in total. The Morgan fingerprint density at radius 3 is 2.70 bits per heavy atom. The van der Waals surface area contributed by atoms with Crippen molar-refractivity contribution in [3.63, 3.8) is 0 Å². The van der Waals surface area contributed by atoms with Crippen LogP contribution in [0.4, 0.5) is 5.69 Å². The molecule has 1 aliphatic heterocycles. The van der Waals surface area contributed by atoms with Crippen LogP contribution in [-0.4, -0.2) is 51.0 Å². The third-order valence-electron chi connectivity index (χ3n) is 4.47. The molecule has 0 aromatic heterocycles. The molecule has 1 aromatic carbocycles. The summed E-state index contributed by atoms with van der Waals surface area (Å²) in [5.41, 5.74) is 1.05. The Morgan fingerprint density at radius 2 is 2.09 bits per heavy atom. The van der Waals surface area contributed by atoms with Gasteiger partial charge in [-0.2, -0.15) is 0 Å². The number of benzene rings is 1. The Hall–Kier alpha value is -1.40. The van der Waals surface area contributed by atoms with Gasteiger partial charge in [0.1, 0.15) is 0 Å². The number of carbonyl (C=O) groups is 1. The highest BCUT2D eigenvalue weighted by molar-refractivity contribution is 7.90. The number of likely N-dealkylation sites (tertiary alicyclic amines) is 1. The molecule has 1 atom stereocenters. The summed E-state index contributed by atoms with van der Waals surface area (Å²) >= 11 is 0. The van der Waals surface area contributed by atoms with Gasteiger partial charge in [-0.3, -0.25) is 9.69 Å². The average molecular weight is 338 g/mol. The molecule has 6 heteroatoms. The lowest BCUT2D eigenvalue weighted by molar-refractivity contribution is 0.101. The number of carbonyl (C=O) groups excluding carboxylic acids is 1. The molecular formula is C17H26N2O3S. The fraction of sp³-hybridized carbons (Fsp3) is 0.588. The van der Waals surface area contributed by atoms with Crippen molar-refractivity contribution >= 4 is 21.3 Å². The second-order valence-corrected chi connectivity index (χ2v) is 8.18. The maximum atomic E-state index is 12.0. The zero-order chi connectivity index (χ0) is 17.0. The first-order valence-electron chi connectivity index (χ1n) is 8.16. The van der Waals surface area contributed by atoms with Gasteiger partial charge in [0.25, 0.3) is 0 Å². The van der Waals surface area contributed by atoms with Crippen molar-refractivity contribution in [3.05, 3.63) is 23.8 Å². The summed E-state index contributed by atoms with van der Waals surface area (Å²) in [6, 6.07) is 5.15. The largest absolute Gasteiger partial charge is 0.382 e. The van der Waals surface area contributed by atoms with Crippen LogP contribution in [0.3, 0.4) is 0 Å². The Kier molecular flexibility index (Phi) is 5.81. The SMILES string of the molecule is CCN1CCCCC1CNc1cc(C(C)=O)ccc1S(C)(=O)=O. The molecule has 1 heterocycles. The molecule has 0 saturated carbocycles. The van der Waals surface area contributed by atoms with Crippen LogP contribution in [0, 0.1) is 0 Å². The minimum absolute atomic E-state index is 0.0686. The van der Waals surface area contributed by atoms with Crippen molar-refractivity contribution in [1.82, 2.24) is 4.90 Å². The summed E-state index contributed by atoms with van der Waals surface area (Å²) in [7, 11) is -3.34. The molecule has 1 unspecified atom stereocenters. The van der Waals surface area contributed by atoms with Crippen molar-refractivity contribution in [1.29, 1.82) is 0 Å². The second kappa shape index (κ2) is 7.45. The van der Waals surface area contributed by atoms with Gasteiger partial charge in [0.15, 0.2) is 15.6 Å². The molecule has 1 saturated heterocycles. The molecule has 0 spiro atoms. The zero-order valence-electron chi connectivity index (χ0n) is 14.1.